The summed E-state index contributed by atoms with van der Waals surface area (Å²) in [5.74, 6) is 0.612. The molecule has 0 amide bonds. The van der Waals surface area contributed by atoms with E-state index in [1.165, 1.54) is 0 Å². The molecule has 2 aromatic carbocycles. The maximum absolute atomic E-state index is 11.6. The van der Waals surface area contributed by atoms with E-state index in [2.05, 4.69) is 10.3 Å². The van der Waals surface area contributed by atoms with Gasteiger partial charge in [-0.25, -0.2) is 9.78 Å². The smallest absolute Gasteiger partial charge is 0.327 e. The zero-order chi connectivity index (χ0) is 21.6. The molecule has 158 valence electrons. The van der Waals surface area contributed by atoms with Gasteiger partial charge in [0.1, 0.15) is 11.8 Å². The molecular formula is C25H25N3O3. The number of benzene rings is 2. The highest BCUT2D eigenvalue weighted by atomic mass is 16.4. The van der Waals surface area contributed by atoms with Crippen molar-refractivity contribution in [1.82, 2.24) is 14.9 Å². The van der Waals surface area contributed by atoms with Gasteiger partial charge in [0.15, 0.2) is 0 Å². The molecule has 0 unspecified atom stereocenters. The first kappa shape index (κ1) is 20.6. The molecule has 0 radical (unpaired) electrons. The van der Waals surface area contributed by atoms with Crippen LogP contribution >= 0.6 is 0 Å². The van der Waals surface area contributed by atoms with Gasteiger partial charge in [-0.15, -0.1) is 0 Å². The fraction of sp³-hybridized carbons (Fsp3) is 0.200. The molecule has 0 bridgehead atoms. The Morgan fingerprint density at radius 3 is 2.35 bits per heavy atom. The lowest BCUT2D eigenvalue weighted by molar-refractivity contribution is -0.140. The molecule has 0 aliphatic carbocycles. The van der Waals surface area contributed by atoms with E-state index in [1.807, 2.05) is 73.7 Å². The topological polar surface area (TPSA) is 80.3 Å². The van der Waals surface area contributed by atoms with E-state index in [0.717, 1.165) is 28.1 Å². The number of carboxylic acids is 1. The van der Waals surface area contributed by atoms with Crippen LogP contribution in [0.15, 0.2) is 83.5 Å². The molecule has 0 aliphatic rings. The summed E-state index contributed by atoms with van der Waals surface area (Å²) in [7, 11) is 0. The number of oxazole rings is 1. The Kier molecular flexibility index (Phi) is 6.29. The van der Waals surface area contributed by atoms with Gasteiger partial charge in [-0.05, 0) is 42.3 Å². The lowest BCUT2D eigenvalue weighted by Gasteiger charge is -2.14. The van der Waals surface area contributed by atoms with Crippen LogP contribution in [-0.4, -0.2) is 20.6 Å². The zero-order valence-corrected chi connectivity index (χ0v) is 17.4. The molecular weight excluding hydrogens is 390 g/mol. The normalized spacial score (nSPS) is 12.0. The first-order valence-electron chi connectivity index (χ1n) is 10.3. The largest absolute Gasteiger partial charge is 0.480 e. The molecule has 0 aliphatic heterocycles. The number of nitrogens with one attached hydrogen (secondary N) is 1. The van der Waals surface area contributed by atoms with Gasteiger partial charge in [-0.3, -0.25) is 0 Å². The minimum Gasteiger partial charge on any atom is -0.480 e. The number of aryl methyl sites for hydroxylation is 1. The first-order chi connectivity index (χ1) is 15.1. The van der Waals surface area contributed by atoms with Gasteiger partial charge in [0.2, 0.25) is 5.89 Å². The fourth-order valence-corrected chi connectivity index (χ4v) is 3.51. The second kappa shape index (κ2) is 9.45. The van der Waals surface area contributed by atoms with E-state index in [-0.39, 0.29) is 0 Å². The predicted octanol–water partition coefficient (Wildman–Crippen LogP) is 4.61. The highest BCUT2D eigenvalue weighted by Crippen LogP contribution is 2.21. The molecule has 0 saturated heterocycles. The Labute approximate surface area is 181 Å². The van der Waals surface area contributed by atoms with Crippen LogP contribution in [0.2, 0.25) is 0 Å². The Morgan fingerprint density at radius 1 is 1.00 bits per heavy atom. The number of nitrogens with zero attached hydrogens (tertiary/aromatic N) is 2. The van der Waals surface area contributed by atoms with Crippen molar-refractivity contribution in [2.75, 3.05) is 0 Å². The number of hydrogen-bond acceptors (Lipinski definition) is 4. The summed E-state index contributed by atoms with van der Waals surface area (Å²) in [6, 6.07) is 21.0. The summed E-state index contributed by atoms with van der Waals surface area (Å²) in [5.41, 5.74) is 3.98. The molecule has 4 rings (SSSR count). The van der Waals surface area contributed by atoms with Crippen LogP contribution in [0.3, 0.4) is 0 Å². The Morgan fingerprint density at radius 2 is 1.68 bits per heavy atom. The molecule has 2 aromatic heterocycles. The van der Waals surface area contributed by atoms with Crippen LogP contribution in [-0.2, 0) is 24.3 Å². The number of carboxylic acid groups (broad SMARTS) is 1. The number of carbonyl (C=O) groups is 1. The van der Waals surface area contributed by atoms with E-state index in [0.29, 0.717) is 25.4 Å². The SMILES string of the molecule is Cc1oc(-c2ccccc2)nc1CNCc1ccc(C[C@@H](C(=O)O)n2cccc2)cc1. The van der Waals surface area contributed by atoms with Gasteiger partial charge in [-0.1, -0.05) is 42.5 Å². The molecule has 1 atom stereocenters. The van der Waals surface area contributed by atoms with Gasteiger partial charge >= 0.3 is 5.97 Å². The number of hydrogen-bond donors (Lipinski definition) is 2. The summed E-state index contributed by atoms with van der Waals surface area (Å²) >= 11 is 0. The third-order valence-corrected chi connectivity index (χ3v) is 5.26. The van der Waals surface area contributed by atoms with Gasteiger partial charge in [0.25, 0.3) is 0 Å². The number of rotatable bonds is 9. The van der Waals surface area contributed by atoms with Crippen LogP contribution < -0.4 is 5.32 Å². The predicted molar refractivity (Wildman–Crippen MR) is 118 cm³/mol. The Balaban J connectivity index is 1.33. The maximum atomic E-state index is 11.6. The van der Waals surface area contributed by atoms with Crippen molar-refractivity contribution in [2.45, 2.75) is 32.5 Å². The molecule has 6 nitrogen and oxygen atoms in total. The minimum absolute atomic E-state index is 0.443. The van der Waals surface area contributed by atoms with Crippen LogP contribution in [0.25, 0.3) is 11.5 Å². The van der Waals surface area contributed by atoms with Crippen LogP contribution in [0.1, 0.15) is 28.6 Å². The van der Waals surface area contributed by atoms with Crippen molar-refractivity contribution in [3.8, 4) is 11.5 Å². The highest BCUT2D eigenvalue weighted by molar-refractivity contribution is 5.72. The Hall–Kier alpha value is -3.64. The van der Waals surface area contributed by atoms with Crippen molar-refractivity contribution in [3.05, 3.63) is 102 Å². The van der Waals surface area contributed by atoms with Crippen molar-refractivity contribution in [3.63, 3.8) is 0 Å². The van der Waals surface area contributed by atoms with Gasteiger partial charge in [0, 0.05) is 37.5 Å². The van der Waals surface area contributed by atoms with E-state index < -0.39 is 12.0 Å². The highest BCUT2D eigenvalue weighted by Gasteiger charge is 2.19. The molecule has 0 spiro atoms. The Bertz CT molecular complexity index is 1120. The molecule has 0 fully saturated rings. The van der Waals surface area contributed by atoms with Crippen LogP contribution in [0.4, 0.5) is 0 Å². The van der Waals surface area contributed by atoms with E-state index in [9.17, 15) is 9.90 Å². The van der Waals surface area contributed by atoms with Gasteiger partial charge in [-0.2, -0.15) is 0 Å². The summed E-state index contributed by atoms with van der Waals surface area (Å²) in [5, 5.41) is 12.9. The average molecular weight is 415 g/mol. The number of aromatic nitrogens is 2. The van der Waals surface area contributed by atoms with Crippen LogP contribution in [0, 0.1) is 6.92 Å². The summed E-state index contributed by atoms with van der Waals surface area (Å²) in [6.07, 6.45) is 4.01. The zero-order valence-electron chi connectivity index (χ0n) is 17.4. The minimum atomic E-state index is -0.834. The second-order valence-corrected chi connectivity index (χ2v) is 7.50. The van der Waals surface area contributed by atoms with E-state index in [4.69, 9.17) is 4.42 Å². The fourth-order valence-electron chi connectivity index (χ4n) is 3.51. The third-order valence-electron chi connectivity index (χ3n) is 5.26. The maximum Gasteiger partial charge on any atom is 0.327 e. The standard InChI is InChI=1S/C25H25N3O3/c1-18-22(27-24(31-18)21-7-3-2-4-8-21)17-26-16-20-11-9-19(10-12-20)15-23(25(29)30)28-13-5-6-14-28/h2-14,23,26H,15-17H2,1H3,(H,29,30)/t23-/m0/s1. The quantitative estimate of drug-likeness (QED) is 0.417. The summed E-state index contributed by atoms with van der Waals surface area (Å²) in [6.45, 7) is 3.22. The van der Waals surface area contributed by atoms with Gasteiger partial charge < -0.3 is 19.4 Å². The monoisotopic (exact) mass is 415 g/mol. The second-order valence-electron chi connectivity index (χ2n) is 7.50. The van der Waals surface area contributed by atoms with E-state index >= 15 is 0 Å². The lowest BCUT2D eigenvalue weighted by Crippen LogP contribution is -2.20. The first-order valence-corrected chi connectivity index (χ1v) is 10.3. The molecule has 4 aromatic rings. The van der Waals surface area contributed by atoms with Gasteiger partial charge in [0.05, 0.1) is 5.69 Å². The molecule has 31 heavy (non-hydrogen) atoms. The third kappa shape index (κ3) is 5.10. The number of aliphatic carboxylic acids is 1. The van der Waals surface area contributed by atoms with Crippen molar-refractivity contribution in [1.29, 1.82) is 0 Å². The molecule has 2 N–H and O–H groups in total. The van der Waals surface area contributed by atoms with Crippen molar-refractivity contribution in [2.24, 2.45) is 0 Å². The van der Waals surface area contributed by atoms with Crippen molar-refractivity contribution >= 4 is 5.97 Å². The molecule has 6 heteroatoms. The average Bonchev–Trinajstić information content (AvgIpc) is 3.44. The molecule has 2 heterocycles. The summed E-state index contributed by atoms with van der Waals surface area (Å²) in [4.78, 5) is 16.2. The molecule has 0 saturated carbocycles. The summed E-state index contributed by atoms with van der Waals surface area (Å²) < 4.78 is 7.53. The van der Waals surface area contributed by atoms with Crippen LogP contribution in [0.5, 0.6) is 0 Å². The van der Waals surface area contributed by atoms with E-state index in [1.54, 1.807) is 17.0 Å². The lowest BCUT2D eigenvalue weighted by atomic mass is 10.0. The van der Waals surface area contributed by atoms with Crippen molar-refractivity contribution < 1.29 is 14.3 Å².